The highest BCUT2D eigenvalue weighted by Crippen LogP contribution is 2.51. The number of rotatable bonds is 6. The molecule has 0 aromatic carbocycles. The maximum Gasteiger partial charge on any atom is 0.239 e. The van der Waals surface area contributed by atoms with Crippen LogP contribution in [0.15, 0.2) is 0 Å². The van der Waals surface area contributed by atoms with Crippen LogP contribution in [0.4, 0.5) is 0 Å². The maximum absolute atomic E-state index is 12.2. The Bertz CT molecular complexity index is 452. The van der Waals surface area contributed by atoms with E-state index in [4.69, 9.17) is 4.74 Å². The molecule has 1 aliphatic carbocycles. The Hall–Kier alpha value is -0.650. The monoisotopic (exact) mass is 337 g/mol. The predicted octanol–water partition coefficient (Wildman–Crippen LogP) is 1.72. The molecule has 0 spiro atoms. The molecule has 1 N–H and O–H groups in total. The summed E-state index contributed by atoms with van der Waals surface area (Å²) in [4.78, 5) is 16.4. The summed E-state index contributed by atoms with van der Waals surface area (Å²) in [6.45, 7) is 8.74. The van der Waals surface area contributed by atoms with Gasteiger partial charge in [-0.3, -0.25) is 9.69 Å². The van der Waals surface area contributed by atoms with Gasteiger partial charge in [0.05, 0.1) is 12.1 Å². The summed E-state index contributed by atoms with van der Waals surface area (Å²) in [7, 11) is 3.73. The molecule has 0 aromatic heterocycles. The molecule has 2 aliphatic heterocycles. The summed E-state index contributed by atoms with van der Waals surface area (Å²) < 4.78 is 5.98. The summed E-state index contributed by atoms with van der Waals surface area (Å²) in [6, 6.07) is 0.692. The number of carbonyl (C=O) groups is 1. The van der Waals surface area contributed by atoms with Crippen molar-refractivity contribution in [1.82, 2.24) is 15.1 Å². The fourth-order valence-corrected chi connectivity index (χ4v) is 5.15. The van der Waals surface area contributed by atoms with E-state index in [1.807, 2.05) is 14.1 Å². The second-order valence-corrected chi connectivity index (χ2v) is 8.63. The van der Waals surface area contributed by atoms with E-state index in [1.54, 1.807) is 4.90 Å². The Balaban J connectivity index is 1.41. The molecule has 0 radical (unpaired) electrons. The van der Waals surface area contributed by atoms with Crippen molar-refractivity contribution in [3.63, 3.8) is 0 Å². The molecule has 3 rings (SSSR count). The molecule has 5 heteroatoms. The molecule has 0 bridgehead atoms. The van der Waals surface area contributed by atoms with E-state index in [9.17, 15) is 4.79 Å². The predicted molar refractivity (Wildman–Crippen MR) is 95.9 cm³/mol. The smallest absolute Gasteiger partial charge is 0.239 e. The van der Waals surface area contributed by atoms with Crippen molar-refractivity contribution in [1.29, 1.82) is 0 Å². The number of carbonyl (C=O) groups excluding carboxylic acids is 1. The molecule has 2 heterocycles. The van der Waals surface area contributed by atoms with Crippen LogP contribution in [0.2, 0.25) is 0 Å². The van der Waals surface area contributed by atoms with E-state index < -0.39 is 0 Å². The van der Waals surface area contributed by atoms with E-state index in [0.717, 1.165) is 45.5 Å². The number of hydrogen-bond donors (Lipinski definition) is 1. The second-order valence-electron chi connectivity index (χ2n) is 8.63. The van der Waals surface area contributed by atoms with Gasteiger partial charge in [-0.1, -0.05) is 13.8 Å². The van der Waals surface area contributed by atoms with Gasteiger partial charge in [-0.05, 0) is 45.2 Å². The lowest BCUT2D eigenvalue weighted by Gasteiger charge is -2.60. The van der Waals surface area contributed by atoms with Crippen molar-refractivity contribution in [2.24, 2.45) is 11.3 Å². The molecular weight excluding hydrogens is 302 g/mol. The van der Waals surface area contributed by atoms with Crippen LogP contribution in [0, 0.1) is 11.3 Å². The SMILES string of the molecule is CN(C)C(=O)[C@@H]1CCCN1CCCN[C@@H]1[C@@H]2CCCO[C@H]2C1(C)C. The molecule has 2 saturated heterocycles. The molecule has 3 aliphatic rings. The number of likely N-dealkylation sites (tertiary alicyclic amines) is 1. The number of hydrogen-bond acceptors (Lipinski definition) is 4. The van der Waals surface area contributed by atoms with Gasteiger partial charge in [-0.25, -0.2) is 0 Å². The van der Waals surface area contributed by atoms with Crippen molar-refractivity contribution in [3.05, 3.63) is 0 Å². The first-order valence-electron chi connectivity index (χ1n) is 9.73. The van der Waals surface area contributed by atoms with Crippen LogP contribution in [0.3, 0.4) is 0 Å². The lowest BCUT2D eigenvalue weighted by molar-refractivity contribution is -0.192. The fraction of sp³-hybridized carbons (Fsp3) is 0.947. The van der Waals surface area contributed by atoms with Gasteiger partial charge >= 0.3 is 0 Å². The quantitative estimate of drug-likeness (QED) is 0.750. The fourth-order valence-electron chi connectivity index (χ4n) is 5.15. The second kappa shape index (κ2) is 7.30. The lowest BCUT2D eigenvalue weighted by Crippen LogP contribution is -2.69. The number of likely N-dealkylation sites (N-methyl/N-ethyl adjacent to an activating group) is 1. The van der Waals surface area contributed by atoms with Gasteiger partial charge in [0.25, 0.3) is 0 Å². The van der Waals surface area contributed by atoms with E-state index in [1.165, 1.54) is 12.8 Å². The van der Waals surface area contributed by atoms with Crippen molar-refractivity contribution in [2.75, 3.05) is 40.3 Å². The van der Waals surface area contributed by atoms with Gasteiger partial charge in [0, 0.05) is 44.6 Å². The van der Waals surface area contributed by atoms with E-state index in [2.05, 4.69) is 24.1 Å². The number of amides is 1. The largest absolute Gasteiger partial charge is 0.377 e. The Labute approximate surface area is 147 Å². The third kappa shape index (κ3) is 3.35. The molecule has 3 fully saturated rings. The van der Waals surface area contributed by atoms with Gasteiger partial charge < -0.3 is 15.0 Å². The molecular formula is C19H35N3O2. The van der Waals surface area contributed by atoms with Crippen molar-refractivity contribution in [2.45, 2.75) is 64.1 Å². The zero-order valence-electron chi connectivity index (χ0n) is 15.9. The van der Waals surface area contributed by atoms with Crippen molar-refractivity contribution in [3.8, 4) is 0 Å². The first-order chi connectivity index (χ1) is 11.4. The average Bonchev–Trinajstić information content (AvgIpc) is 3.02. The molecule has 1 saturated carbocycles. The standard InChI is InChI=1S/C19H35N3O2/c1-19(2)16(14-8-6-13-24-17(14)19)20-10-7-12-22-11-5-9-15(22)18(23)21(3)4/h14-17,20H,5-13H2,1-4H3/t14-,15-,16+,17+/m0/s1. The Kier molecular flexibility index (Phi) is 5.52. The van der Waals surface area contributed by atoms with Gasteiger partial charge in [-0.2, -0.15) is 0 Å². The van der Waals surface area contributed by atoms with E-state index in [0.29, 0.717) is 18.1 Å². The highest BCUT2D eigenvalue weighted by Gasteiger charge is 2.57. The van der Waals surface area contributed by atoms with Crippen LogP contribution in [0.5, 0.6) is 0 Å². The minimum absolute atomic E-state index is 0.108. The van der Waals surface area contributed by atoms with Crippen molar-refractivity contribution < 1.29 is 9.53 Å². The summed E-state index contributed by atoms with van der Waals surface area (Å²) in [5.41, 5.74) is 0.252. The van der Waals surface area contributed by atoms with Crippen LogP contribution in [-0.2, 0) is 9.53 Å². The minimum Gasteiger partial charge on any atom is -0.377 e. The van der Waals surface area contributed by atoms with E-state index in [-0.39, 0.29) is 17.4 Å². The number of nitrogens with one attached hydrogen (secondary N) is 1. The molecule has 138 valence electrons. The summed E-state index contributed by atoms with van der Waals surface area (Å²) >= 11 is 0. The van der Waals surface area contributed by atoms with Gasteiger partial charge in [0.15, 0.2) is 0 Å². The zero-order chi connectivity index (χ0) is 17.3. The minimum atomic E-state index is 0.108. The van der Waals surface area contributed by atoms with Gasteiger partial charge in [0.1, 0.15) is 0 Å². The first-order valence-corrected chi connectivity index (χ1v) is 9.73. The van der Waals surface area contributed by atoms with Gasteiger partial charge in [-0.15, -0.1) is 0 Å². The molecule has 24 heavy (non-hydrogen) atoms. The highest BCUT2D eigenvalue weighted by molar-refractivity contribution is 5.81. The van der Waals surface area contributed by atoms with Crippen LogP contribution >= 0.6 is 0 Å². The number of fused-ring (bicyclic) bond motifs is 1. The van der Waals surface area contributed by atoms with Crippen LogP contribution in [0.25, 0.3) is 0 Å². The maximum atomic E-state index is 12.2. The van der Waals surface area contributed by atoms with Crippen molar-refractivity contribution >= 4 is 5.91 Å². The average molecular weight is 338 g/mol. The Morgan fingerprint density at radius 3 is 2.83 bits per heavy atom. The topological polar surface area (TPSA) is 44.8 Å². The van der Waals surface area contributed by atoms with Gasteiger partial charge in [0.2, 0.25) is 5.91 Å². The molecule has 0 aromatic rings. The van der Waals surface area contributed by atoms with E-state index >= 15 is 0 Å². The van der Waals surface area contributed by atoms with Crippen LogP contribution in [-0.4, -0.2) is 74.2 Å². The summed E-state index contributed by atoms with van der Waals surface area (Å²) in [6.07, 6.45) is 6.23. The third-order valence-corrected chi connectivity index (χ3v) is 6.41. The summed E-state index contributed by atoms with van der Waals surface area (Å²) in [5.74, 6) is 0.964. The molecule has 4 atom stereocenters. The number of ether oxygens (including phenoxy) is 1. The third-order valence-electron chi connectivity index (χ3n) is 6.41. The lowest BCUT2D eigenvalue weighted by atomic mass is 9.55. The van der Waals surface area contributed by atoms with Crippen LogP contribution in [0.1, 0.15) is 46.0 Å². The van der Waals surface area contributed by atoms with Crippen LogP contribution < -0.4 is 5.32 Å². The zero-order valence-corrected chi connectivity index (χ0v) is 15.9. The molecule has 5 nitrogen and oxygen atoms in total. The Morgan fingerprint density at radius 1 is 1.29 bits per heavy atom. The molecule has 0 unspecified atom stereocenters. The highest BCUT2D eigenvalue weighted by atomic mass is 16.5. The number of nitrogens with zero attached hydrogens (tertiary/aromatic N) is 2. The first kappa shape index (κ1) is 18.2. The summed E-state index contributed by atoms with van der Waals surface area (Å²) in [5, 5.41) is 3.80. The Morgan fingerprint density at radius 2 is 2.08 bits per heavy atom. The normalized spacial score (nSPS) is 35.3. The molecule has 1 amide bonds.